The molecule has 1 heterocycles. The van der Waals surface area contributed by atoms with Gasteiger partial charge in [0, 0.05) is 15.8 Å². The van der Waals surface area contributed by atoms with Crippen LogP contribution in [0.4, 0.5) is 0 Å². The van der Waals surface area contributed by atoms with Crippen molar-refractivity contribution in [3.05, 3.63) is 26.9 Å². The number of hydrogen-bond acceptors (Lipinski definition) is 2. The van der Waals surface area contributed by atoms with E-state index in [4.69, 9.17) is 0 Å². The van der Waals surface area contributed by atoms with Crippen LogP contribution in [-0.2, 0) is 4.79 Å². The Morgan fingerprint density at radius 3 is 2.79 bits per heavy atom. The fourth-order valence-corrected chi connectivity index (χ4v) is 3.33. The minimum absolute atomic E-state index is 0.276. The zero-order chi connectivity index (χ0) is 9.97. The van der Waals surface area contributed by atoms with E-state index in [1.165, 1.54) is 10.5 Å². The molecule has 0 spiro atoms. The van der Waals surface area contributed by atoms with E-state index in [2.05, 4.69) is 21.3 Å². The van der Waals surface area contributed by atoms with Gasteiger partial charge in [-0.15, -0.1) is 11.3 Å². The molecule has 1 aliphatic carbocycles. The number of allylic oxidation sites excluding steroid dienone is 2. The van der Waals surface area contributed by atoms with Crippen molar-refractivity contribution in [3.63, 3.8) is 0 Å². The van der Waals surface area contributed by atoms with E-state index >= 15 is 0 Å². The van der Waals surface area contributed by atoms with E-state index in [1.807, 2.05) is 12.1 Å². The van der Waals surface area contributed by atoms with Crippen molar-refractivity contribution in [1.29, 1.82) is 0 Å². The summed E-state index contributed by atoms with van der Waals surface area (Å²) in [4.78, 5) is 12.6. The SMILES string of the molecule is O=C1C=C(c2sccc2Br)CCCC1. The van der Waals surface area contributed by atoms with E-state index in [0.29, 0.717) is 6.42 Å². The van der Waals surface area contributed by atoms with Gasteiger partial charge in [0.1, 0.15) is 0 Å². The summed E-state index contributed by atoms with van der Waals surface area (Å²) in [6.07, 6.45) is 5.73. The fourth-order valence-electron chi connectivity index (χ4n) is 1.66. The topological polar surface area (TPSA) is 17.1 Å². The van der Waals surface area contributed by atoms with Crippen LogP contribution in [0.2, 0.25) is 0 Å². The van der Waals surface area contributed by atoms with Crippen molar-refractivity contribution in [2.24, 2.45) is 0 Å². The minimum Gasteiger partial charge on any atom is -0.295 e. The first-order valence-electron chi connectivity index (χ1n) is 4.74. The maximum Gasteiger partial charge on any atom is 0.156 e. The summed E-state index contributed by atoms with van der Waals surface area (Å²) in [5.41, 5.74) is 1.20. The lowest BCUT2D eigenvalue weighted by Crippen LogP contribution is -1.89. The maximum atomic E-state index is 11.4. The summed E-state index contributed by atoms with van der Waals surface area (Å²) in [5.74, 6) is 0.276. The molecule has 0 unspecified atom stereocenters. The third kappa shape index (κ3) is 2.15. The molecular weight excluding hydrogens is 260 g/mol. The second-order valence-corrected chi connectivity index (χ2v) is 5.21. The second-order valence-electron chi connectivity index (χ2n) is 3.44. The molecule has 1 aliphatic rings. The van der Waals surface area contributed by atoms with Gasteiger partial charge in [0.25, 0.3) is 0 Å². The molecule has 0 aliphatic heterocycles. The lowest BCUT2D eigenvalue weighted by atomic mass is 10.1. The summed E-state index contributed by atoms with van der Waals surface area (Å²) < 4.78 is 1.11. The standard InChI is InChI=1S/C11H11BrOS/c12-10-5-6-14-11(10)8-3-1-2-4-9(13)7-8/h5-7H,1-4H2. The number of ketones is 1. The molecular formula is C11H11BrOS. The largest absolute Gasteiger partial charge is 0.295 e. The Morgan fingerprint density at radius 1 is 1.29 bits per heavy atom. The first-order valence-corrected chi connectivity index (χ1v) is 6.41. The number of thiophene rings is 1. The molecule has 0 atom stereocenters. The first-order chi connectivity index (χ1) is 6.77. The molecule has 1 aromatic rings. The molecule has 2 rings (SSSR count). The molecule has 0 saturated heterocycles. The molecule has 3 heteroatoms. The number of rotatable bonds is 1. The molecule has 0 radical (unpaired) electrons. The number of halogens is 1. The third-order valence-corrected chi connectivity index (χ3v) is 4.28. The van der Waals surface area contributed by atoms with Gasteiger partial charge in [-0.25, -0.2) is 0 Å². The van der Waals surface area contributed by atoms with Crippen LogP contribution in [0.15, 0.2) is 22.0 Å². The number of hydrogen-bond donors (Lipinski definition) is 0. The van der Waals surface area contributed by atoms with Crippen LogP contribution in [0.5, 0.6) is 0 Å². The molecule has 1 nitrogen and oxygen atoms in total. The zero-order valence-corrected chi connectivity index (χ0v) is 10.2. The molecule has 1 aromatic heterocycles. The Morgan fingerprint density at radius 2 is 2.07 bits per heavy atom. The van der Waals surface area contributed by atoms with E-state index < -0.39 is 0 Å². The smallest absolute Gasteiger partial charge is 0.156 e. The summed E-state index contributed by atoms with van der Waals surface area (Å²) in [6, 6.07) is 2.04. The van der Waals surface area contributed by atoms with Gasteiger partial charge in [-0.2, -0.15) is 0 Å². The zero-order valence-electron chi connectivity index (χ0n) is 7.75. The Labute approximate surface area is 96.0 Å². The molecule has 0 saturated carbocycles. The van der Waals surface area contributed by atoms with Gasteiger partial charge in [0.2, 0.25) is 0 Å². The van der Waals surface area contributed by atoms with Crippen LogP contribution in [-0.4, -0.2) is 5.78 Å². The average molecular weight is 271 g/mol. The van der Waals surface area contributed by atoms with Gasteiger partial charge in [-0.3, -0.25) is 4.79 Å². The van der Waals surface area contributed by atoms with Crippen molar-refractivity contribution < 1.29 is 4.79 Å². The fraction of sp³-hybridized carbons (Fsp3) is 0.364. The first kappa shape index (κ1) is 10.1. The molecule has 0 amide bonds. The summed E-state index contributed by atoms with van der Waals surface area (Å²) in [5, 5.41) is 2.05. The Kier molecular flexibility index (Phi) is 3.19. The molecule has 0 fully saturated rings. The highest BCUT2D eigenvalue weighted by Crippen LogP contribution is 2.34. The lowest BCUT2D eigenvalue weighted by Gasteiger charge is -2.01. The molecule has 14 heavy (non-hydrogen) atoms. The van der Waals surface area contributed by atoms with Crippen molar-refractivity contribution >= 4 is 38.6 Å². The van der Waals surface area contributed by atoms with Gasteiger partial charge >= 0.3 is 0 Å². The van der Waals surface area contributed by atoms with Crippen LogP contribution < -0.4 is 0 Å². The van der Waals surface area contributed by atoms with E-state index in [-0.39, 0.29) is 5.78 Å². The van der Waals surface area contributed by atoms with Gasteiger partial charge in [-0.05, 0) is 58.3 Å². The van der Waals surface area contributed by atoms with Gasteiger partial charge in [0.15, 0.2) is 5.78 Å². The third-order valence-electron chi connectivity index (χ3n) is 2.36. The predicted molar refractivity (Wildman–Crippen MR) is 63.5 cm³/mol. The quantitative estimate of drug-likeness (QED) is 0.753. The lowest BCUT2D eigenvalue weighted by molar-refractivity contribution is -0.114. The van der Waals surface area contributed by atoms with Crippen molar-refractivity contribution in [2.45, 2.75) is 25.7 Å². The Hall–Kier alpha value is -0.410. The van der Waals surface area contributed by atoms with Crippen LogP contribution in [0.3, 0.4) is 0 Å². The van der Waals surface area contributed by atoms with Crippen LogP contribution >= 0.6 is 27.3 Å². The van der Waals surface area contributed by atoms with Crippen LogP contribution in [0.25, 0.3) is 5.57 Å². The van der Waals surface area contributed by atoms with E-state index in [0.717, 1.165) is 23.7 Å². The summed E-state index contributed by atoms with van der Waals surface area (Å²) in [7, 11) is 0. The van der Waals surface area contributed by atoms with Crippen molar-refractivity contribution in [3.8, 4) is 0 Å². The van der Waals surface area contributed by atoms with Crippen LogP contribution in [0, 0.1) is 0 Å². The highest BCUT2D eigenvalue weighted by Gasteiger charge is 2.13. The van der Waals surface area contributed by atoms with E-state index in [9.17, 15) is 4.79 Å². The van der Waals surface area contributed by atoms with Crippen molar-refractivity contribution in [1.82, 2.24) is 0 Å². The Bertz CT molecular complexity index is 378. The highest BCUT2D eigenvalue weighted by molar-refractivity contribution is 9.10. The van der Waals surface area contributed by atoms with E-state index in [1.54, 1.807) is 11.3 Å². The second kappa shape index (κ2) is 4.41. The predicted octanol–water partition coefficient (Wildman–Crippen LogP) is 4.04. The number of carbonyl (C=O) groups excluding carboxylic acids is 1. The van der Waals surface area contributed by atoms with Gasteiger partial charge < -0.3 is 0 Å². The molecule has 0 aromatic carbocycles. The maximum absolute atomic E-state index is 11.4. The molecule has 0 bridgehead atoms. The van der Waals surface area contributed by atoms with Crippen molar-refractivity contribution in [2.75, 3.05) is 0 Å². The Balaban J connectivity index is 2.33. The monoisotopic (exact) mass is 270 g/mol. The summed E-state index contributed by atoms with van der Waals surface area (Å²) in [6.45, 7) is 0. The number of carbonyl (C=O) groups is 1. The minimum atomic E-state index is 0.276. The summed E-state index contributed by atoms with van der Waals surface area (Å²) >= 11 is 5.21. The normalized spacial score (nSPS) is 17.8. The van der Waals surface area contributed by atoms with Gasteiger partial charge in [-0.1, -0.05) is 0 Å². The molecule has 0 N–H and O–H groups in total. The average Bonchev–Trinajstić information content (AvgIpc) is 2.45. The van der Waals surface area contributed by atoms with Crippen LogP contribution in [0.1, 0.15) is 30.6 Å². The molecule has 74 valence electrons. The highest BCUT2D eigenvalue weighted by atomic mass is 79.9. The van der Waals surface area contributed by atoms with Gasteiger partial charge in [0.05, 0.1) is 0 Å².